The Labute approximate surface area is 101 Å². The zero-order valence-electron chi connectivity index (χ0n) is 10.2. The van der Waals surface area contributed by atoms with Crippen molar-refractivity contribution >= 4 is 5.90 Å². The number of benzene rings is 1. The molecule has 0 aromatic heterocycles. The molecule has 0 N–H and O–H groups in total. The fraction of sp³-hybridized carbons (Fsp3) is 0.500. The molecule has 0 bridgehead atoms. The van der Waals surface area contributed by atoms with Crippen LogP contribution in [0.4, 0.5) is 0 Å². The maximum absolute atomic E-state index is 5.66. The van der Waals surface area contributed by atoms with Gasteiger partial charge in [0.05, 0.1) is 6.04 Å². The van der Waals surface area contributed by atoms with E-state index in [0.29, 0.717) is 18.6 Å². The van der Waals surface area contributed by atoms with E-state index in [1.54, 1.807) is 0 Å². The number of epoxide rings is 1. The van der Waals surface area contributed by atoms with Crippen molar-refractivity contribution in [3.63, 3.8) is 0 Å². The van der Waals surface area contributed by atoms with E-state index in [4.69, 9.17) is 9.47 Å². The van der Waals surface area contributed by atoms with Crippen LogP contribution in [0.1, 0.15) is 25.5 Å². The molecule has 3 heteroatoms. The van der Waals surface area contributed by atoms with Crippen molar-refractivity contribution in [1.82, 2.24) is 0 Å². The van der Waals surface area contributed by atoms with Crippen LogP contribution >= 0.6 is 0 Å². The molecule has 1 saturated heterocycles. The summed E-state index contributed by atoms with van der Waals surface area (Å²) in [5, 5.41) is 0. The molecular formula is C14H17NO2. The molecule has 2 aliphatic rings. The van der Waals surface area contributed by atoms with Crippen LogP contribution in [0.15, 0.2) is 35.3 Å². The second-order valence-electron chi connectivity index (χ2n) is 4.98. The van der Waals surface area contributed by atoms with Gasteiger partial charge in [-0.05, 0) is 11.5 Å². The van der Waals surface area contributed by atoms with Gasteiger partial charge in [0, 0.05) is 0 Å². The molecule has 17 heavy (non-hydrogen) atoms. The third-order valence-corrected chi connectivity index (χ3v) is 3.33. The summed E-state index contributed by atoms with van der Waals surface area (Å²) in [5.41, 5.74) is 1.21. The van der Waals surface area contributed by atoms with Crippen LogP contribution in [-0.2, 0) is 9.47 Å². The van der Waals surface area contributed by atoms with E-state index >= 15 is 0 Å². The Bertz CT molecular complexity index is 427. The number of nitrogens with zero attached hydrogens (tertiary/aromatic N) is 1. The van der Waals surface area contributed by atoms with Crippen molar-refractivity contribution in [3.05, 3.63) is 35.9 Å². The van der Waals surface area contributed by atoms with E-state index in [-0.39, 0.29) is 12.2 Å². The summed E-state index contributed by atoms with van der Waals surface area (Å²) < 4.78 is 11.3. The molecule has 1 unspecified atom stereocenters. The van der Waals surface area contributed by atoms with E-state index in [0.717, 1.165) is 5.90 Å². The molecule has 0 aliphatic carbocycles. The Hall–Kier alpha value is -1.35. The fourth-order valence-corrected chi connectivity index (χ4v) is 2.10. The highest BCUT2D eigenvalue weighted by Crippen LogP contribution is 2.40. The zero-order valence-corrected chi connectivity index (χ0v) is 10.2. The number of aliphatic imine (C=N–C) groups is 1. The Kier molecular flexibility index (Phi) is 2.63. The fourth-order valence-electron chi connectivity index (χ4n) is 2.10. The Morgan fingerprint density at radius 2 is 1.94 bits per heavy atom. The highest BCUT2D eigenvalue weighted by Gasteiger charge is 2.47. The molecular weight excluding hydrogens is 214 g/mol. The van der Waals surface area contributed by atoms with Gasteiger partial charge in [0.2, 0.25) is 5.90 Å². The van der Waals surface area contributed by atoms with E-state index < -0.39 is 0 Å². The first-order valence-electron chi connectivity index (χ1n) is 6.16. The van der Waals surface area contributed by atoms with Crippen LogP contribution in [-0.4, -0.2) is 24.7 Å². The SMILES string of the molecule is CC(C)[C@H]1COC([C@H]2OC2c2ccccc2)=N1. The third-order valence-electron chi connectivity index (χ3n) is 3.33. The second kappa shape index (κ2) is 4.15. The van der Waals surface area contributed by atoms with Crippen LogP contribution in [0.3, 0.4) is 0 Å². The van der Waals surface area contributed by atoms with E-state index in [9.17, 15) is 0 Å². The number of ether oxygens (including phenoxy) is 2. The molecule has 2 heterocycles. The normalized spacial score (nSPS) is 31.2. The van der Waals surface area contributed by atoms with Crippen molar-refractivity contribution in [1.29, 1.82) is 0 Å². The average Bonchev–Trinajstić information content (AvgIpc) is 2.99. The molecule has 1 fully saturated rings. The first-order valence-corrected chi connectivity index (χ1v) is 6.16. The quantitative estimate of drug-likeness (QED) is 0.749. The first-order chi connectivity index (χ1) is 8.25. The second-order valence-corrected chi connectivity index (χ2v) is 4.98. The lowest BCUT2D eigenvalue weighted by molar-refractivity contribution is 0.277. The van der Waals surface area contributed by atoms with Crippen LogP contribution in [0, 0.1) is 5.92 Å². The molecule has 2 aliphatic heterocycles. The lowest BCUT2D eigenvalue weighted by atomic mass is 10.1. The van der Waals surface area contributed by atoms with Gasteiger partial charge in [0.1, 0.15) is 12.7 Å². The molecule has 1 aromatic carbocycles. The van der Waals surface area contributed by atoms with Crippen molar-refractivity contribution in [2.45, 2.75) is 32.1 Å². The van der Waals surface area contributed by atoms with Gasteiger partial charge in [-0.25, -0.2) is 4.99 Å². The largest absolute Gasteiger partial charge is 0.477 e. The highest BCUT2D eigenvalue weighted by atomic mass is 16.6. The molecule has 0 spiro atoms. The monoisotopic (exact) mass is 231 g/mol. The van der Waals surface area contributed by atoms with Crippen molar-refractivity contribution in [2.24, 2.45) is 10.9 Å². The van der Waals surface area contributed by atoms with Gasteiger partial charge in [-0.1, -0.05) is 44.2 Å². The number of hydrogen-bond acceptors (Lipinski definition) is 3. The number of rotatable bonds is 3. The molecule has 0 radical (unpaired) electrons. The maximum Gasteiger partial charge on any atom is 0.217 e. The average molecular weight is 231 g/mol. The van der Waals surface area contributed by atoms with Gasteiger partial charge in [0.15, 0.2) is 6.10 Å². The summed E-state index contributed by atoms with van der Waals surface area (Å²) in [7, 11) is 0. The molecule has 0 saturated carbocycles. The minimum Gasteiger partial charge on any atom is -0.477 e. The van der Waals surface area contributed by atoms with Gasteiger partial charge in [-0.15, -0.1) is 0 Å². The topological polar surface area (TPSA) is 34.1 Å². The minimum absolute atomic E-state index is 0.0427. The number of hydrogen-bond donors (Lipinski definition) is 0. The molecule has 3 rings (SSSR count). The summed E-state index contributed by atoms with van der Waals surface area (Å²) in [6.07, 6.45) is 0.182. The van der Waals surface area contributed by atoms with E-state index in [2.05, 4.69) is 31.0 Å². The lowest BCUT2D eigenvalue weighted by Gasteiger charge is -2.06. The molecule has 90 valence electrons. The van der Waals surface area contributed by atoms with Crippen molar-refractivity contribution < 1.29 is 9.47 Å². The highest BCUT2D eigenvalue weighted by molar-refractivity contribution is 5.85. The standard InChI is InChI=1S/C14H17NO2/c1-9(2)11-8-16-14(15-11)13-12(17-13)10-6-4-3-5-7-10/h3-7,9,11-13H,8H2,1-2H3/t11-,12?,13+/m1/s1. The van der Waals surface area contributed by atoms with Crippen molar-refractivity contribution in [2.75, 3.05) is 6.61 Å². The van der Waals surface area contributed by atoms with Gasteiger partial charge < -0.3 is 9.47 Å². The molecule has 0 amide bonds. The predicted molar refractivity (Wildman–Crippen MR) is 66.1 cm³/mol. The summed E-state index contributed by atoms with van der Waals surface area (Å²) in [4.78, 5) is 4.59. The Morgan fingerprint density at radius 1 is 1.18 bits per heavy atom. The van der Waals surface area contributed by atoms with Gasteiger partial charge in [-0.2, -0.15) is 0 Å². The first kappa shape index (κ1) is 10.8. The van der Waals surface area contributed by atoms with E-state index in [1.165, 1.54) is 5.56 Å². The Balaban J connectivity index is 1.68. The smallest absolute Gasteiger partial charge is 0.217 e. The molecule has 1 aromatic rings. The maximum atomic E-state index is 5.66. The molecule has 3 atom stereocenters. The molecule has 3 nitrogen and oxygen atoms in total. The van der Waals surface area contributed by atoms with E-state index in [1.807, 2.05) is 18.2 Å². The van der Waals surface area contributed by atoms with Gasteiger partial charge >= 0.3 is 0 Å². The lowest BCUT2D eigenvalue weighted by Crippen LogP contribution is -2.13. The van der Waals surface area contributed by atoms with Crippen molar-refractivity contribution in [3.8, 4) is 0 Å². The third kappa shape index (κ3) is 2.07. The summed E-state index contributed by atoms with van der Waals surface area (Å²) in [6.45, 7) is 5.04. The van der Waals surface area contributed by atoms with Crippen LogP contribution in [0.2, 0.25) is 0 Å². The van der Waals surface area contributed by atoms with Crippen LogP contribution < -0.4 is 0 Å². The predicted octanol–water partition coefficient (Wildman–Crippen LogP) is 2.58. The Morgan fingerprint density at radius 3 is 2.59 bits per heavy atom. The minimum atomic E-state index is 0.0427. The van der Waals surface area contributed by atoms with Crippen LogP contribution in [0.5, 0.6) is 0 Å². The van der Waals surface area contributed by atoms with Crippen LogP contribution in [0.25, 0.3) is 0 Å². The summed E-state index contributed by atoms with van der Waals surface area (Å²) >= 11 is 0. The zero-order chi connectivity index (χ0) is 11.8. The van der Waals surface area contributed by atoms with Gasteiger partial charge in [-0.3, -0.25) is 0 Å². The summed E-state index contributed by atoms with van der Waals surface area (Å²) in [5.74, 6) is 1.32. The summed E-state index contributed by atoms with van der Waals surface area (Å²) in [6, 6.07) is 10.5. The van der Waals surface area contributed by atoms with Gasteiger partial charge in [0.25, 0.3) is 0 Å².